The molecule has 60 heavy (non-hydrogen) atoms. The van der Waals surface area contributed by atoms with Gasteiger partial charge in [0.1, 0.15) is 36.6 Å². The number of allylic oxidation sites excluding steroid dienone is 1. The molecule has 0 aromatic rings. The molecule has 342 valence electrons. The second-order valence-corrected chi connectivity index (χ2v) is 21.5. The van der Waals surface area contributed by atoms with Crippen LogP contribution in [-0.4, -0.2) is 135 Å². The number of rotatable bonds is 8. The monoisotopic (exact) mass is 874 g/mol. The summed E-state index contributed by atoms with van der Waals surface area (Å²) in [5.41, 5.74) is -3.65. The molecule has 5 aliphatic carbocycles. The molecular formula is C42H66O17S. The van der Waals surface area contributed by atoms with E-state index in [2.05, 4.69) is 47.6 Å². The number of hydrogen-bond acceptors (Lipinski definition) is 15. The number of ether oxygens (including phenoxy) is 4. The quantitative estimate of drug-likeness (QED) is 0.0750. The zero-order valence-electron chi connectivity index (χ0n) is 35.5. The van der Waals surface area contributed by atoms with Crippen molar-refractivity contribution in [2.45, 2.75) is 174 Å². The predicted octanol–water partition coefficient (Wildman–Crippen LogP) is 2.09. The Morgan fingerprint density at radius 2 is 1.50 bits per heavy atom. The van der Waals surface area contributed by atoms with Gasteiger partial charge in [-0.1, -0.05) is 53.2 Å². The molecule has 20 unspecified atom stereocenters. The summed E-state index contributed by atoms with van der Waals surface area (Å²) in [7, 11) is -5.08. The second-order valence-electron chi connectivity index (χ2n) is 20.4. The minimum Gasteiger partial charge on any atom is -0.481 e. The van der Waals surface area contributed by atoms with Crippen LogP contribution in [0.5, 0.6) is 0 Å². The van der Waals surface area contributed by atoms with E-state index in [1.165, 1.54) is 6.92 Å². The number of carbonyl (C=O) groups is 2. The van der Waals surface area contributed by atoms with Gasteiger partial charge in [0.2, 0.25) is 6.29 Å². The maximum atomic E-state index is 15.5. The van der Waals surface area contributed by atoms with Crippen LogP contribution in [0, 0.1) is 56.7 Å². The lowest BCUT2D eigenvalue weighted by molar-refractivity contribution is -0.321. The van der Waals surface area contributed by atoms with E-state index in [-0.39, 0.29) is 36.5 Å². The number of hydrogen-bond donors (Lipinski definition) is 8. The van der Waals surface area contributed by atoms with Crippen LogP contribution >= 0.6 is 0 Å². The molecule has 6 fully saturated rings. The maximum Gasteiger partial charge on any atom is 0.397 e. The standard InChI is InChI=1S/C42H66O17S/c1-19-10-15-41(36(49)50)16-17-42(37(51)58-34-32(48)30(46)29(45)23(18-43)56-34)22(27(41)20(19)2)8-9-25-39(6)13-12-26(38(4,5)24(39)11-14-40(25,42)7)57-35-33(59-60(52,53)54)31(47)28(44)21(3)55-35/h8,19-21,23-35,43-48H,9-18H2,1-7H3,(H,49,50)(H,52,53,54). The summed E-state index contributed by atoms with van der Waals surface area (Å²) < 4.78 is 62.2. The van der Waals surface area contributed by atoms with Crippen LogP contribution in [0.1, 0.15) is 106 Å². The van der Waals surface area contributed by atoms with Crippen LogP contribution in [0.25, 0.3) is 0 Å². The van der Waals surface area contributed by atoms with Gasteiger partial charge >= 0.3 is 22.3 Å². The van der Waals surface area contributed by atoms with E-state index in [1.54, 1.807) is 0 Å². The first-order valence-corrected chi connectivity index (χ1v) is 23.0. The lowest BCUT2D eigenvalue weighted by Gasteiger charge is -2.71. The van der Waals surface area contributed by atoms with Crippen molar-refractivity contribution in [1.29, 1.82) is 0 Å². The molecule has 4 saturated carbocycles. The summed E-state index contributed by atoms with van der Waals surface area (Å²) >= 11 is 0. The summed E-state index contributed by atoms with van der Waals surface area (Å²) in [5.74, 6) is -2.25. The van der Waals surface area contributed by atoms with Gasteiger partial charge in [-0.15, -0.1) is 0 Å². The molecule has 0 amide bonds. The number of carbonyl (C=O) groups excluding carboxylic acids is 1. The molecule has 0 spiro atoms. The third-order valence-corrected chi connectivity index (χ3v) is 18.0. The fourth-order valence-electron chi connectivity index (χ4n) is 14.1. The van der Waals surface area contributed by atoms with E-state index in [4.69, 9.17) is 23.1 Å². The van der Waals surface area contributed by atoms with E-state index >= 15 is 4.79 Å². The number of fused-ring (bicyclic) bond motifs is 7. The fourth-order valence-corrected chi connectivity index (χ4v) is 14.6. The molecule has 0 radical (unpaired) electrons. The predicted molar refractivity (Wildman–Crippen MR) is 208 cm³/mol. The van der Waals surface area contributed by atoms with Gasteiger partial charge in [0, 0.05) is 0 Å². The second kappa shape index (κ2) is 15.7. The molecule has 18 heteroatoms. The van der Waals surface area contributed by atoms with Gasteiger partial charge in [0.25, 0.3) is 0 Å². The Hall–Kier alpha value is -1.81. The van der Waals surface area contributed by atoms with Gasteiger partial charge in [-0.3, -0.25) is 14.1 Å². The average Bonchev–Trinajstić information content (AvgIpc) is 3.17. The van der Waals surface area contributed by atoms with Gasteiger partial charge in [-0.25, -0.2) is 4.18 Å². The summed E-state index contributed by atoms with van der Waals surface area (Å²) in [5, 5.41) is 74.5. The Kier molecular flexibility index (Phi) is 12.1. The Bertz CT molecular complexity index is 1800. The lowest BCUT2D eigenvalue weighted by atomic mass is 9.33. The van der Waals surface area contributed by atoms with Gasteiger partial charge in [0.05, 0.1) is 29.6 Å². The van der Waals surface area contributed by atoms with Crippen molar-refractivity contribution in [1.82, 2.24) is 0 Å². The van der Waals surface area contributed by atoms with Crippen LogP contribution in [0.4, 0.5) is 0 Å². The molecule has 0 aromatic carbocycles. The fraction of sp³-hybridized carbons (Fsp3) is 0.905. The van der Waals surface area contributed by atoms with Crippen molar-refractivity contribution in [3.8, 4) is 0 Å². The first kappa shape index (κ1) is 46.2. The number of aliphatic carboxylic acids is 1. The third-order valence-electron chi connectivity index (χ3n) is 17.5. The highest BCUT2D eigenvalue weighted by molar-refractivity contribution is 7.80. The molecule has 20 atom stereocenters. The van der Waals surface area contributed by atoms with E-state index in [9.17, 15) is 53.5 Å². The number of esters is 1. The van der Waals surface area contributed by atoms with E-state index in [0.29, 0.717) is 38.5 Å². The maximum absolute atomic E-state index is 15.5. The average molecular weight is 875 g/mol. The van der Waals surface area contributed by atoms with Gasteiger partial charge in [-0.05, 0) is 111 Å². The highest BCUT2D eigenvalue weighted by Crippen LogP contribution is 2.76. The molecule has 2 aliphatic heterocycles. The zero-order valence-corrected chi connectivity index (χ0v) is 36.4. The first-order chi connectivity index (χ1) is 27.8. The SMILES string of the molecule is CC1CCC2(C(=O)O)CCC3(C(=O)OC4OC(CO)C(O)C(O)C4O)C(=CCC4C5(C)CCC(OC6OC(C)C(O)C(O)C6OS(=O)(=O)O)C(C)(C)C5CCC43C)C2C1C. The summed E-state index contributed by atoms with van der Waals surface area (Å²) in [4.78, 5) is 28.9. The molecule has 0 bridgehead atoms. The Balaban J connectivity index is 1.27. The zero-order chi connectivity index (χ0) is 44.3. The van der Waals surface area contributed by atoms with E-state index in [0.717, 1.165) is 12.0 Å². The number of aliphatic hydroxyl groups is 6. The first-order valence-electron chi connectivity index (χ1n) is 21.6. The van der Waals surface area contributed by atoms with Crippen molar-refractivity contribution in [3.05, 3.63) is 11.6 Å². The molecule has 0 aromatic heterocycles. The number of carboxylic acid groups (broad SMARTS) is 1. The molecule has 8 N–H and O–H groups in total. The van der Waals surface area contributed by atoms with Crippen LogP contribution < -0.4 is 0 Å². The number of aliphatic hydroxyl groups excluding tert-OH is 6. The van der Waals surface area contributed by atoms with Crippen molar-refractivity contribution < 1.29 is 81.4 Å². The van der Waals surface area contributed by atoms with E-state index < -0.39 is 129 Å². The van der Waals surface area contributed by atoms with Crippen LogP contribution in [0.3, 0.4) is 0 Å². The summed E-state index contributed by atoms with van der Waals surface area (Å²) in [6, 6.07) is 0. The van der Waals surface area contributed by atoms with Crippen molar-refractivity contribution in [3.63, 3.8) is 0 Å². The summed E-state index contributed by atoms with van der Waals surface area (Å²) in [6.45, 7) is 13.4. The molecule has 2 heterocycles. The van der Waals surface area contributed by atoms with Gasteiger partial charge < -0.3 is 54.7 Å². The highest BCUT2D eigenvalue weighted by Gasteiger charge is 2.74. The minimum atomic E-state index is -5.08. The Morgan fingerprint density at radius 3 is 2.13 bits per heavy atom. The lowest BCUT2D eigenvalue weighted by Crippen LogP contribution is -2.69. The highest BCUT2D eigenvalue weighted by atomic mass is 32.3. The van der Waals surface area contributed by atoms with Crippen molar-refractivity contribution in [2.75, 3.05) is 6.61 Å². The van der Waals surface area contributed by atoms with E-state index in [1.807, 2.05) is 0 Å². The van der Waals surface area contributed by atoms with Crippen molar-refractivity contribution >= 4 is 22.3 Å². The van der Waals surface area contributed by atoms with Crippen LogP contribution in [0.2, 0.25) is 0 Å². The summed E-state index contributed by atoms with van der Waals surface area (Å²) in [6.07, 6.45) is -10.0. The third kappa shape index (κ3) is 6.84. The Morgan fingerprint density at radius 1 is 0.817 bits per heavy atom. The minimum absolute atomic E-state index is 0.0527. The van der Waals surface area contributed by atoms with Crippen molar-refractivity contribution in [2.24, 2.45) is 56.7 Å². The largest absolute Gasteiger partial charge is 0.481 e. The molecule has 7 rings (SSSR count). The topological polar surface area (TPSA) is 276 Å². The van der Waals surface area contributed by atoms with Crippen LogP contribution in [-0.2, 0) is 43.1 Å². The molecule has 7 aliphatic rings. The van der Waals surface area contributed by atoms with Gasteiger partial charge in [-0.2, -0.15) is 8.42 Å². The molecule has 2 saturated heterocycles. The Labute approximate surface area is 351 Å². The molecular weight excluding hydrogens is 809 g/mol. The molecule has 17 nitrogen and oxygen atoms in total. The normalized spacial score (nSPS) is 51.5. The smallest absolute Gasteiger partial charge is 0.397 e. The van der Waals surface area contributed by atoms with Gasteiger partial charge in [0.15, 0.2) is 12.4 Å². The van der Waals surface area contributed by atoms with Crippen LogP contribution in [0.15, 0.2) is 11.6 Å². The number of carboxylic acids is 1.